The predicted molar refractivity (Wildman–Crippen MR) is 193 cm³/mol. The van der Waals surface area contributed by atoms with Crippen LogP contribution in [0, 0.1) is 17.8 Å². The number of fused-ring (bicyclic) bond motifs is 2. The van der Waals surface area contributed by atoms with E-state index in [0.29, 0.717) is 49.7 Å². The average molecular weight is 699 g/mol. The molecule has 3 N–H and O–H groups in total. The van der Waals surface area contributed by atoms with Gasteiger partial charge in [-0.15, -0.1) is 11.7 Å². The lowest BCUT2D eigenvalue weighted by atomic mass is 9.55. The molecule has 0 unspecified atom stereocenters. The van der Waals surface area contributed by atoms with Gasteiger partial charge in [-0.2, -0.15) is 0 Å². The van der Waals surface area contributed by atoms with Crippen LogP contribution in [0.5, 0.6) is 11.5 Å². The number of hydrogen-bond donors (Lipinski definition) is 3. The number of allylic oxidation sites excluding steroid dienone is 1. The van der Waals surface area contributed by atoms with Gasteiger partial charge in [-0.1, -0.05) is 78.3 Å². The fourth-order valence-electron chi connectivity index (χ4n) is 8.22. The van der Waals surface area contributed by atoms with Crippen LogP contribution in [0.25, 0.3) is 0 Å². The maximum atomic E-state index is 10.4. The molecule has 0 bridgehead atoms. The standard InChI is InChI=1S/C40H50N4O7/c1-3-20-48-31-16-17-36-34(23-31)38-32(15-9-11-19-46)29(14-8-10-18-45)22-33-35(42-50-27-28-12-6-5-7-13-28)24-37(44-30(26-47)25-41-43-44)40(51-36,39(33)38)49-21-4-2/h3-7,12-13,16-17,22-23,25,29,32,37-39,45-47H,1-2,8-11,14-15,18-21,24,26-27H2/t29-,32+,37-,38+,39+,40+/m0/s1. The number of oxime groups is 1. The molecule has 51 heavy (non-hydrogen) atoms. The second-order valence-corrected chi connectivity index (χ2v) is 13.5. The lowest BCUT2D eigenvalue weighted by Gasteiger charge is -2.58. The van der Waals surface area contributed by atoms with E-state index in [2.05, 4.69) is 35.6 Å². The third kappa shape index (κ3) is 7.67. The third-order valence-electron chi connectivity index (χ3n) is 10.4. The molecule has 0 spiro atoms. The molecule has 1 aliphatic heterocycles. The zero-order chi connectivity index (χ0) is 35.6. The van der Waals surface area contributed by atoms with E-state index in [1.807, 2.05) is 42.5 Å². The molecule has 2 aliphatic carbocycles. The molecule has 1 fully saturated rings. The van der Waals surface area contributed by atoms with Gasteiger partial charge in [-0.3, -0.25) is 0 Å². The van der Waals surface area contributed by atoms with Gasteiger partial charge >= 0.3 is 0 Å². The number of aromatic nitrogens is 3. The van der Waals surface area contributed by atoms with Crippen LogP contribution in [0.4, 0.5) is 0 Å². The first-order chi connectivity index (χ1) is 25.1. The van der Waals surface area contributed by atoms with Crippen molar-refractivity contribution in [2.45, 2.75) is 75.9 Å². The molecule has 6 atom stereocenters. The number of hydrogen-bond acceptors (Lipinski definition) is 10. The summed E-state index contributed by atoms with van der Waals surface area (Å²) in [5.41, 5.74) is 4.29. The van der Waals surface area contributed by atoms with E-state index >= 15 is 0 Å². The second kappa shape index (κ2) is 17.3. The van der Waals surface area contributed by atoms with E-state index < -0.39 is 11.8 Å². The van der Waals surface area contributed by atoms with Crippen LogP contribution in [0.3, 0.4) is 0 Å². The SMILES string of the molecule is C=CCOc1ccc2c(c1)[C@H]1[C@H](CCCCO)[C@@H](CCCCO)C=C3C(=NOCc4ccccc4)C[C@H](n4nncc4CO)[C@@](OCC=C)(O2)[C@H]31. The number of ether oxygens (including phenoxy) is 3. The molecule has 272 valence electrons. The second-order valence-electron chi connectivity index (χ2n) is 13.5. The molecule has 3 aromatic rings. The van der Waals surface area contributed by atoms with Gasteiger partial charge in [0.15, 0.2) is 0 Å². The van der Waals surface area contributed by atoms with Crippen molar-refractivity contribution in [3.05, 3.63) is 109 Å². The smallest absolute Gasteiger partial charge is 0.241 e. The van der Waals surface area contributed by atoms with E-state index in [-0.39, 0.29) is 50.1 Å². The van der Waals surface area contributed by atoms with Crippen molar-refractivity contribution < 1.29 is 34.4 Å². The van der Waals surface area contributed by atoms with E-state index in [1.165, 1.54) is 0 Å². The molecular formula is C40H50N4O7. The summed E-state index contributed by atoms with van der Waals surface area (Å²) in [7, 11) is 0. The van der Waals surface area contributed by atoms with Crippen LogP contribution in [0.15, 0.2) is 96.8 Å². The minimum atomic E-state index is -1.29. The highest BCUT2D eigenvalue weighted by molar-refractivity contribution is 6.02. The summed E-state index contributed by atoms with van der Waals surface area (Å²) in [6.45, 7) is 8.66. The summed E-state index contributed by atoms with van der Waals surface area (Å²) in [6.07, 6.45) is 12.5. The normalized spacial score (nSPS) is 25.7. The van der Waals surface area contributed by atoms with Crippen LogP contribution < -0.4 is 9.47 Å². The van der Waals surface area contributed by atoms with Crippen molar-refractivity contribution in [2.75, 3.05) is 26.4 Å². The van der Waals surface area contributed by atoms with Gasteiger partial charge in [0.05, 0.1) is 36.7 Å². The molecule has 2 aromatic carbocycles. The Morgan fingerprint density at radius 2 is 1.76 bits per heavy atom. The van der Waals surface area contributed by atoms with Crippen molar-refractivity contribution in [2.24, 2.45) is 22.9 Å². The topological polar surface area (TPSA) is 141 Å². The highest BCUT2D eigenvalue weighted by Gasteiger charge is 2.65. The van der Waals surface area contributed by atoms with Crippen LogP contribution in [0.2, 0.25) is 0 Å². The molecule has 2 heterocycles. The van der Waals surface area contributed by atoms with Crippen molar-refractivity contribution in [1.82, 2.24) is 15.0 Å². The van der Waals surface area contributed by atoms with Gasteiger partial charge in [-0.05, 0) is 66.9 Å². The van der Waals surface area contributed by atoms with E-state index in [4.69, 9.17) is 24.2 Å². The van der Waals surface area contributed by atoms with E-state index in [1.54, 1.807) is 23.0 Å². The molecule has 1 saturated carbocycles. The summed E-state index contributed by atoms with van der Waals surface area (Å²) >= 11 is 0. The summed E-state index contributed by atoms with van der Waals surface area (Å²) in [5.74, 6) is -0.111. The number of aliphatic hydroxyl groups is 3. The fraction of sp³-hybridized carbons (Fsp3) is 0.475. The zero-order valence-electron chi connectivity index (χ0n) is 29.2. The molecule has 1 aromatic heterocycles. The molecule has 11 heteroatoms. The minimum Gasteiger partial charge on any atom is -0.490 e. The van der Waals surface area contributed by atoms with Crippen LogP contribution in [-0.4, -0.2) is 68.2 Å². The van der Waals surface area contributed by atoms with E-state index in [9.17, 15) is 15.3 Å². The van der Waals surface area contributed by atoms with E-state index in [0.717, 1.165) is 48.1 Å². The van der Waals surface area contributed by atoms with Gasteiger partial charge < -0.3 is 34.4 Å². The Hall–Kier alpha value is -4.29. The van der Waals surface area contributed by atoms with Gasteiger partial charge in [-0.25, -0.2) is 4.68 Å². The first-order valence-corrected chi connectivity index (χ1v) is 18.1. The summed E-state index contributed by atoms with van der Waals surface area (Å²) in [4.78, 5) is 6.10. The predicted octanol–water partition coefficient (Wildman–Crippen LogP) is 6.04. The van der Waals surface area contributed by atoms with Crippen molar-refractivity contribution >= 4 is 5.71 Å². The lowest BCUT2D eigenvalue weighted by Crippen LogP contribution is -2.63. The molecule has 11 nitrogen and oxygen atoms in total. The number of unbranched alkanes of at least 4 members (excludes halogenated alkanes) is 2. The minimum absolute atomic E-state index is 0.119. The third-order valence-corrected chi connectivity index (χ3v) is 10.4. The molecule has 6 rings (SSSR count). The van der Waals surface area contributed by atoms with Crippen LogP contribution in [0.1, 0.15) is 73.7 Å². The molecule has 0 amide bonds. The van der Waals surface area contributed by atoms with Crippen molar-refractivity contribution in [3.63, 3.8) is 0 Å². The average Bonchev–Trinajstić information content (AvgIpc) is 3.64. The lowest BCUT2D eigenvalue weighted by molar-refractivity contribution is -0.252. The Morgan fingerprint density at radius 3 is 2.51 bits per heavy atom. The Morgan fingerprint density at radius 1 is 0.980 bits per heavy atom. The van der Waals surface area contributed by atoms with Crippen molar-refractivity contribution in [1.29, 1.82) is 0 Å². The Kier molecular flexibility index (Phi) is 12.4. The largest absolute Gasteiger partial charge is 0.490 e. The summed E-state index contributed by atoms with van der Waals surface area (Å²) < 4.78 is 21.9. The highest BCUT2D eigenvalue weighted by atomic mass is 16.7. The van der Waals surface area contributed by atoms with Gasteiger partial charge in [0.2, 0.25) is 5.79 Å². The molecule has 0 radical (unpaired) electrons. The fourth-order valence-corrected chi connectivity index (χ4v) is 8.22. The quantitative estimate of drug-likeness (QED) is 0.0777. The number of nitrogens with zero attached hydrogens (tertiary/aromatic N) is 4. The molecule has 0 saturated heterocycles. The number of benzene rings is 2. The Labute approximate surface area is 299 Å². The first-order valence-electron chi connectivity index (χ1n) is 18.1. The van der Waals surface area contributed by atoms with Crippen molar-refractivity contribution in [3.8, 4) is 11.5 Å². The summed E-state index contributed by atoms with van der Waals surface area (Å²) in [6, 6.07) is 15.3. The number of rotatable bonds is 19. The number of aliphatic hydroxyl groups excluding tert-OH is 3. The first kappa shape index (κ1) is 36.5. The zero-order valence-corrected chi connectivity index (χ0v) is 29.2. The highest BCUT2D eigenvalue weighted by Crippen LogP contribution is 2.63. The molecular weight excluding hydrogens is 648 g/mol. The monoisotopic (exact) mass is 698 g/mol. The summed E-state index contributed by atoms with van der Waals surface area (Å²) in [5, 5.41) is 43.5. The van der Waals surface area contributed by atoms with Gasteiger partial charge in [0.1, 0.15) is 30.8 Å². The van der Waals surface area contributed by atoms with Gasteiger partial charge in [0, 0.05) is 31.1 Å². The molecule has 3 aliphatic rings. The Bertz CT molecular complexity index is 1670. The van der Waals surface area contributed by atoms with Crippen LogP contribution in [-0.2, 0) is 22.8 Å². The van der Waals surface area contributed by atoms with Gasteiger partial charge in [0.25, 0.3) is 0 Å². The Balaban J connectivity index is 1.57. The maximum Gasteiger partial charge on any atom is 0.241 e. The van der Waals surface area contributed by atoms with Crippen LogP contribution >= 0.6 is 0 Å². The maximum absolute atomic E-state index is 10.4.